The topological polar surface area (TPSA) is 125 Å². The summed E-state index contributed by atoms with van der Waals surface area (Å²) in [6.07, 6.45) is 2.84. The summed E-state index contributed by atoms with van der Waals surface area (Å²) in [4.78, 5) is -0.0154. The second kappa shape index (κ2) is 7.34. The summed E-state index contributed by atoms with van der Waals surface area (Å²) in [6.45, 7) is 3.81. The first-order chi connectivity index (χ1) is 14.8. The molecule has 0 amide bonds. The highest BCUT2D eigenvalue weighted by atomic mass is 32.2. The van der Waals surface area contributed by atoms with E-state index >= 15 is 0 Å². The van der Waals surface area contributed by atoms with Crippen LogP contribution in [0, 0.1) is 19.7 Å². The molecule has 164 valence electrons. The fraction of sp³-hybridized carbons (Fsp3) is 0.400. The normalized spacial score (nSPS) is 21.9. The zero-order valence-electron chi connectivity index (χ0n) is 17.1. The molecule has 0 bridgehead atoms. The Bertz CT molecular complexity index is 1230. The maximum atomic E-state index is 14.8. The molecule has 1 aromatic carbocycles. The second-order valence-electron chi connectivity index (χ2n) is 8.07. The van der Waals surface area contributed by atoms with Crippen molar-refractivity contribution in [2.75, 3.05) is 5.32 Å². The zero-order valence-corrected chi connectivity index (χ0v) is 17.9. The molecule has 2 aromatic heterocycles. The molecular formula is C20H23FN6O3S. The van der Waals surface area contributed by atoms with Crippen LogP contribution in [0.3, 0.4) is 0 Å². The number of benzene rings is 1. The molecule has 1 saturated carbocycles. The average Bonchev–Trinajstić information content (AvgIpc) is 3.50. The van der Waals surface area contributed by atoms with E-state index in [1.165, 1.54) is 12.1 Å². The maximum Gasteiger partial charge on any atom is 0.241 e. The molecule has 31 heavy (non-hydrogen) atoms. The van der Waals surface area contributed by atoms with Crippen molar-refractivity contribution in [2.45, 2.75) is 56.6 Å². The largest absolute Gasteiger partial charge is 0.487 e. The molecule has 0 saturated heterocycles. The Morgan fingerprint density at radius 1 is 1.19 bits per heavy atom. The molecule has 1 fully saturated rings. The van der Waals surface area contributed by atoms with Crippen LogP contribution in [-0.2, 0) is 16.6 Å². The van der Waals surface area contributed by atoms with E-state index in [9.17, 15) is 12.8 Å². The summed E-state index contributed by atoms with van der Waals surface area (Å²) in [5.41, 5.74) is 3.07. The fourth-order valence-electron chi connectivity index (χ4n) is 4.32. The molecular weight excluding hydrogens is 423 g/mol. The van der Waals surface area contributed by atoms with Crippen LogP contribution >= 0.6 is 0 Å². The van der Waals surface area contributed by atoms with Gasteiger partial charge in [0.15, 0.2) is 17.4 Å². The number of rotatable bonds is 5. The van der Waals surface area contributed by atoms with Crippen molar-refractivity contribution < 1.29 is 17.5 Å². The Hall–Kier alpha value is -2.92. The molecule has 9 nitrogen and oxygen atoms in total. The lowest BCUT2D eigenvalue weighted by molar-refractivity contribution is 0.205. The van der Waals surface area contributed by atoms with Gasteiger partial charge in [-0.15, -0.1) is 0 Å². The van der Waals surface area contributed by atoms with Crippen molar-refractivity contribution in [1.82, 2.24) is 25.1 Å². The minimum absolute atomic E-state index is 0.0154. The third kappa shape index (κ3) is 3.57. The monoisotopic (exact) mass is 446 g/mol. The Balaban J connectivity index is 1.27. The summed E-state index contributed by atoms with van der Waals surface area (Å²) in [7, 11) is -3.61. The average molecular weight is 447 g/mol. The number of halogens is 1. The molecule has 1 aliphatic carbocycles. The molecule has 4 N–H and O–H groups in total. The van der Waals surface area contributed by atoms with Crippen molar-refractivity contribution in [3.8, 4) is 5.75 Å². The van der Waals surface area contributed by atoms with Gasteiger partial charge < -0.3 is 10.1 Å². The molecule has 5 rings (SSSR count). The van der Waals surface area contributed by atoms with Crippen LogP contribution < -0.4 is 14.8 Å². The van der Waals surface area contributed by atoms with Gasteiger partial charge in [0.2, 0.25) is 10.0 Å². The first-order valence-corrected chi connectivity index (χ1v) is 11.6. The summed E-state index contributed by atoms with van der Waals surface area (Å²) >= 11 is 0. The minimum atomic E-state index is -3.61. The molecule has 0 radical (unpaired) electrons. The van der Waals surface area contributed by atoms with Crippen molar-refractivity contribution in [3.63, 3.8) is 0 Å². The summed E-state index contributed by atoms with van der Waals surface area (Å²) < 4.78 is 47.0. The van der Waals surface area contributed by atoms with Gasteiger partial charge in [-0.1, -0.05) is 0 Å². The quantitative estimate of drug-likeness (QED) is 0.477. The highest BCUT2D eigenvalue weighted by Gasteiger charge is 2.31. The van der Waals surface area contributed by atoms with Gasteiger partial charge in [0.1, 0.15) is 5.69 Å². The highest BCUT2D eigenvalue weighted by molar-refractivity contribution is 7.89. The fourth-order valence-corrected chi connectivity index (χ4v) is 5.54. The predicted molar refractivity (Wildman–Crippen MR) is 111 cm³/mol. The number of ether oxygens (including phenoxy) is 1. The third-order valence-electron chi connectivity index (χ3n) is 5.96. The van der Waals surface area contributed by atoms with E-state index in [0.717, 1.165) is 42.1 Å². The first kappa shape index (κ1) is 20.0. The molecule has 0 unspecified atom stereocenters. The summed E-state index contributed by atoms with van der Waals surface area (Å²) in [6, 6.07) is 4.69. The van der Waals surface area contributed by atoms with Crippen molar-refractivity contribution >= 4 is 21.5 Å². The van der Waals surface area contributed by atoms with E-state index in [0.29, 0.717) is 5.82 Å². The van der Waals surface area contributed by atoms with E-state index in [1.54, 1.807) is 0 Å². The Labute approximate surface area is 178 Å². The molecule has 3 aromatic rings. The Morgan fingerprint density at radius 2 is 2.03 bits per heavy atom. The van der Waals surface area contributed by atoms with Crippen LogP contribution in [-0.4, -0.2) is 34.9 Å². The van der Waals surface area contributed by atoms with Gasteiger partial charge in [0.25, 0.3) is 0 Å². The summed E-state index contributed by atoms with van der Waals surface area (Å²) in [5, 5.41) is 17.4. The molecule has 3 heterocycles. The summed E-state index contributed by atoms with van der Waals surface area (Å²) in [5.74, 6) is 0.977. The van der Waals surface area contributed by atoms with Crippen LogP contribution in [0.1, 0.15) is 47.8 Å². The molecule has 2 aliphatic rings. The number of anilines is 2. The number of hydrogen-bond acceptors (Lipinski definition) is 6. The number of nitrogens with zero attached hydrogens (tertiary/aromatic N) is 2. The zero-order chi connectivity index (χ0) is 21.8. The van der Waals surface area contributed by atoms with E-state index in [2.05, 4.69) is 30.4 Å². The minimum Gasteiger partial charge on any atom is -0.487 e. The molecule has 1 aliphatic heterocycles. The number of aryl methyl sites for hydroxylation is 2. The van der Waals surface area contributed by atoms with Crippen LogP contribution in [0.2, 0.25) is 0 Å². The van der Waals surface area contributed by atoms with Crippen molar-refractivity contribution in [1.29, 1.82) is 0 Å². The van der Waals surface area contributed by atoms with Gasteiger partial charge >= 0.3 is 0 Å². The number of aromatic nitrogens is 4. The standard InChI is InChI=1S/C20H23FN6O3S/c1-10-20(11(2)25-24-10)30-13-4-3-12(7-13)16-8-18(27-26-16)23-15-5-6-17-14(19(15)21)9-22-31(17,28)29/h5-6,8,12-13,22H,3-4,7,9H2,1-2H3,(H,24,25)(H2,23,26,27)/t12-,13+/m0/s1. The van der Waals surface area contributed by atoms with Crippen LogP contribution in [0.4, 0.5) is 15.9 Å². The van der Waals surface area contributed by atoms with E-state index in [-0.39, 0.29) is 34.7 Å². The first-order valence-electron chi connectivity index (χ1n) is 10.1. The number of hydrogen-bond donors (Lipinski definition) is 4. The maximum absolute atomic E-state index is 14.8. The van der Waals surface area contributed by atoms with Gasteiger partial charge in [-0.3, -0.25) is 10.2 Å². The van der Waals surface area contributed by atoms with E-state index < -0.39 is 15.8 Å². The van der Waals surface area contributed by atoms with Gasteiger partial charge in [-0.25, -0.2) is 17.5 Å². The van der Waals surface area contributed by atoms with Gasteiger partial charge in [0.05, 0.1) is 22.4 Å². The number of fused-ring (bicyclic) bond motifs is 1. The van der Waals surface area contributed by atoms with Crippen molar-refractivity contribution in [3.05, 3.63) is 46.7 Å². The number of nitrogens with one attached hydrogen (secondary N) is 4. The van der Waals surface area contributed by atoms with Crippen LogP contribution in [0.15, 0.2) is 23.1 Å². The molecule has 2 atom stereocenters. The third-order valence-corrected chi connectivity index (χ3v) is 7.44. The lowest BCUT2D eigenvalue weighted by Crippen LogP contribution is -2.13. The number of sulfonamides is 1. The lowest BCUT2D eigenvalue weighted by Gasteiger charge is -2.13. The van der Waals surface area contributed by atoms with Gasteiger partial charge in [0, 0.05) is 29.8 Å². The molecule has 0 spiro atoms. The molecule has 11 heteroatoms. The van der Waals surface area contributed by atoms with Crippen LogP contribution in [0.25, 0.3) is 0 Å². The van der Waals surface area contributed by atoms with Crippen LogP contribution in [0.5, 0.6) is 5.75 Å². The second-order valence-corrected chi connectivity index (χ2v) is 9.81. The van der Waals surface area contributed by atoms with Gasteiger partial charge in [-0.2, -0.15) is 10.2 Å². The van der Waals surface area contributed by atoms with Crippen molar-refractivity contribution in [2.24, 2.45) is 0 Å². The van der Waals surface area contributed by atoms with E-state index in [4.69, 9.17) is 4.74 Å². The Kier molecular flexibility index (Phi) is 4.74. The van der Waals surface area contributed by atoms with E-state index in [1.807, 2.05) is 19.9 Å². The number of H-pyrrole nitrogens is 2. The number of aromatic amines is 2. The SMILES string of the molecule is Cc1n[nH]c(C)c1O[C@@H]1CC[C@H](c2cc(Nc3ccc4c(c3F)CNS4(=O)=O)n[nH]2)C1. The lowest BCUT2D eigenvalue weighted by atomic mass is 10.0. The Morgan fingerprint density at radius 3 is 2.81 bits per heavy atom. The predicted octanol–water partition coefficient (Wildman–Crippen LogP) is 3.14. The smallest absolute Gasteiger partial charge is 0.241 e. The van der Waals surface area contributed by atoms with Gasteiger partial charge in [-0.05, 0) is 45.2 Å². The highest BCUT2D eigenvalue weighted by Crippen LogP contribution is 2.38.